The lowest BCUT2D eigenvalue weighted by Gasteiger charge is -2.26. The van der Waals surface area contributed by atoms with Crippen molar-refractivity contribution in [2.45, 2.75) is 52.5 Å². The van der Waals surface area contributed by atoms with Gasteiger partial charge < -0.3 is 15.1 Å². The van der Waals surface area contributed by atoms with E-state index in [1.807, 2.05) is 48.5 Å². The average molecular weight is 529 g/mol. The van der Waals surface area contributed by atoms with Gasteiger partial charge >= 0.3 is 5.97 Å². The van der Waals surface area contributed by atoms with Gasteiger partial charge in [0, 0.05) is 5.56 Å². The number of amides is 1. The number of oxime groups is 1. The molecule has 9 nitrogen and oxygen atoms in total. The predicted octanol–water partition coefficient (Wildman–Crippen LogP) is 5.44. The number of hydrogen-bond acceptors (Lipinski definition) is 7. The predicted molar refractivity (Wildman–Crippen MR) is 148 cm³/mol. The first-order chi connectivity index (χ1) is 18.6. The van der Waals surface area contributed by atoms with Crippen LogP contribution in [0.25, 0.3) is 0 Å². The summed E-state index contributed by atoms with van der Waals surface area (Å²) in [6, 6.07) is 17.8. The molecule has 3 aromatic rings. The number of anilines is 1. The van der Waals surface area contributed by atoms with Crippen LogP contribution in [0.1, 0.15) is 73.5 Å². The molecule has 9 heteroatoms. The lowest BCUT2D eigenvalue weighted by atomic mass is 9.90. The third-order valence-corrected chi connectivity index (χ3v) is 6.61. The van der Waals surface area contributed by atoms with Gasteiger partial charge in [-0.15, -0.1) is 5.10 Å². The summed E-state index contributed by atoms with van der Waals surface area (Å²) in [5.74, 6) is -1.57. The highest BCUT2D eigenvalue weighted by molar-refractivity contribution is 6.22. The Morgan fingerprint density at radius 3 is 2.05 bits per heavy atom. The molecule has 2 N–H and O–H groups in total. The van der Waals surface area contributed by atoms with Gasteiger partial charge in [0.15, 0.2) is 11.6 Å². The van der Waals surface area contributed by atoms with Gasteiger partial charge in [0.2, 0.25) is 6.61 Å². The Kier molecular flexibility index (Phi) is 8.09. The van der Waals surface area contributed by atoms with Crippen LogP contribution in [0, 0.1) is 6.92 Å². The van der Waals surface area contributed by atoms with Crippen LogP contribution >= 0.6 is 0 Å². The fourth-order valence-electron chi connectivity index (χ4n) is 4.42. The van der Waals surface area contributed by atoms with Crippen LogP contribution < -0.4 is 4.90 Å². The maximum atomic E-state index is 13.6. The van der Waals surface area contributed by atoms with Crippen LogP contribution in [0.4, 0.5) is 5.82 Å². The number of hydrogen-bond donors (Lipinski definition) is 2. The second kappa shape index (κ2) is 11.5. The number of nitrogens with zero attached hydrogens (tertiary/aromatic N) is 4. The van der Waals surface area contributed by atoms with Gasteiger partial charge in [-0.1, -0.05) is 81.4 Å². The normalized spacial score (nSPS) is 16.0. The van der Waals surface area contributed by atoms with Crippen LogP contribution in [0.3, 0.4) is 0 Å². The van der Waals surface area contributed by atoms with Crippen LogP contribution in [0.15, 0.2) is 77.2 Å². The van der Waals surface area contributed by atoms with Crippen molar-refractivity contribution in [3.05, 3.63) is 99.9 Å². The molecule has 0 bridgehead atoms. The summed E-state index contributed by atoms with van der Waals surface area (Å²) in [6.45, 7) is 9.42. The SMILES string of the molecule is Cc1ccc(N2C(=O)C(O)=C(C(=NOCC(=O)O)c3ccc(C(C)C)cc3)C2c2ccc(C(C)C)cc2)nn1. The highest BCUT2D eigenvalue weighted by Crippen LogP contribution is 2.42. The quantitative estimate of drug-likeness (QED) is 0.280. The van der Waals surface area contributed by atoms with Gasteiger partial charge in [0.25, 0.3) is 5.91 Å². The van der Waals surface area contributed by atoms with Gasteiger partial charge in [-0.2, -0.15) is 5.10 Å². The maximum Gasteiger partial charge on any atom is 0.344 e. The number of carboxylic acids is 1. The summed E-state index contributed by atoms with van der Waals surface area (Å²) < 4.78 is 0. The summed E-state index contributed by atoms with van der Waals surface area (Å²) in [4.78, 5) is 31.3. The van der Waals surface area contributed by atoms with Crippen molar-refractivity contribution in [3.63, 3.8) is 0 Å². The summed E-state index contributed by atoms with van der Waals surface area (Å²) in [5, 5.41) is 32.9. The second-order valence-corrected chi connectivity index (χ2v) is 10.1. The Labute approximate surface area is 227 Å². The zero-order valence-electron chi connectivity index (χ0n) is 22.6. The zero-order valence-corrected chi connectivity index (χ0v) is 22.6. The van der Waals surface area contributed by atoms with E-state index in [0.29, 0.717) is 22.7 Å². The zero-order chi connectivity index (χ0) is 28.3. The van der Waals surface area contributed by atoms with Gasteiger partial charge in [0.05, 0.1) is 17.3 Å². The van der Waals surface area contributed by atoms with E-state index in [0.717, 1.165) is 11.1 Å². The molecule has 4 rings (SSSR count). The second-order valence-electron chi connectivity index (χ2n) is 10.1. The van der Waals surface area contributed by atoms with Gasteiger partial charge in [0.1, 0.15) is 5.71 Å². The Bertz CT molecular complexity index is 1410. The molecule has 1 aromatic heterocycles. The molecule has 0 saturated heterocycles. The topological polar surface area (TPSA) is 125 Å². The van der Waals surface area contributed by atoms with E-state index in [-0.39, 0.29) is 23.0 Å². The molecule has 1 atom stereocenters. The van der Waals surface area contributed by atoms with Crippen molar-refractivity contribution in [2.24, 2.45) is 5.16 Å². The number of rotatable bonds is 9. The molecule has 1 aliphatic rings. The van der Waals surface area contributed by atoms with E-state index in [1.54, 1.807) is 19.1 Å². The lowest BCUT2D eigenvalue weighted by Crippen LogP contribution is -2.32. The molecule has 1 unspecified atom stereocenters. The summed E-state index contributed by atoms with van der Waals surface area (Å²) in [5.41, 5.74) is 4.47. The van der Waals surface area contributed by atoms with E-state index >= 15 is 0 Å². The smallest absolute Gasteiger partial charge is 0.344 e. The molecule has 0 aliphatic carbocycles. The molecule has 2 heterocycles. The third kappa shape index (κ3) is 5.82. The minimum Gasteiger partial charge on any atom is -0.503 e. The minimum absolute atomic E-state index is 0.151. The fraction of sp³-hybridized carbons (Fsp3) is 0.300. The molecule has 0 radical (unpaired) electrons. The number of aliphatic carboxylic acids is 1. The Balaban J connectivity index is 1.91. The van der Waals surface area contributed by atoms with E-state index in [2.05, 4.69) is 43.0 Å². The molecule has 39 heavy (non-hydrogen) atoms. The first-order valence-corrected chi connectivity index (χ1v) is 12.8. The van der Waals surface area contributed by atoms with Gasteiger partial charge in [-0.25, -0.2) is 4.79 Å². The number of aliphatic hydroxyl groups is 1. The molecular formula is C30H32N4O5. The highest BCUT2D eigenvalue weighted by atomic mass is 16.6. The number of aliphatic hydroxyl groups excluding tert-OH is 1. The van der Waals surface area contributed by atoms with Crippen molar-refractivity contribution in [3.8, 4) is 0 Å². The molecular weight excluding hydrogens is 496 g/mol. The molecule has 1 amide bonds. The monoisotopic (exact) mass is 528 g/mol. The van der Waals surface area contributed by atoms with Crippen molar-refractivity contribution in [1.82, 2.24) is 10.2 Å². The van der Waals surface area contributed by atoms with Gasteiger partial charge in [-0.05, 0) is 47.6 Å². The summed E-state index contributed by atoms with van der Waals surface area (Å²) in [7, 11) is 0. The first kappa shape index (κ1) is 27.5. The number of benzene rings is 2. The Morgan fingerprint density at radius 1 is 0.949 bits per heavy atom. The molecule has 202 valence electrons. The Morgan fingerprint density at radius 2 is 1.54 bits per heavy atom. The third-order valence-electron chi connectivity index (χ3n) is 6.61. The van der Waals surface area contributed by atoms with Crippen LogP contribution in [-0.2, 0) is 14.4 Å². The van der Waals surface area contributed by atoms with Gasteiger partial charge in [-0.3, -0.25) is 9.69 Å². The fourth-order valence-corrected chi connectivity index (χ4v) is 4.42. The summed E-state index contributed by atoms with van der Waals surface area (Å²) in [6.07, 6.45) is 0. The molecule has 0 spiro atoms. The molecule has 0 saturated carbocycles. The van der Waals surface area contributed by atoms with Crippen molar-refractivity contribution < 1.29 is 24.6 Å². The van der Waals surface area contributed by atoms with Crippen LogP contribution in [-0.4, -0.2) is 44.6 Å². The highest BCUT2D eigenvalue weighted by Gasteiger charge is 2.45. The van der Waals surface area contributed by atoms with E-state index in [9.17, 15) is 14.7 Å². The van der Waals surface area contributed by atoms with Crippen molar-refractivity contribution >= 4 is 23.4 Å². The average Bonchev–Trinajstić information content (AvgIpc) is 3.17. The molecule has 0 fully saturated rings. The number of carbonyl (C=O) groups excluding carboxylic acids is 1. The van der Waals surface area contributed by atoms with Crippen LogP contribution in [0.2, 0.25) is 0 Å². The number of aryl methyl sites for hydroxylation is 1. The number of carbonyl (C=O) groups is 2. The lowest BCUT2D eigenvalue weighted by molar-refractivity contribution is -0.142. The number of aromatic nitrogens is 2. The van der Waals surface area contributed by atoms with E-state index in [1.165, 1.54) is 4.90 Å². The Hall–Kier alpha value is -4.53. The minimum atomic E-state index is -1.20. The maximum absolute atomic E-state index is 13.6. The van der Waals surface area contributed by atoms with E-state index in [4.69, 9.17) is 9.94 Å². The van der Waals surface area contributed by atoms with Crippen molar-refractivity contribution in [1.29, 1.82) is 0 Å². The molecule has 1 aliphatic heterocycles. The standard InChI is InChI=1S/C30H32N4O5/c1-17(2)20-7-11-22(12-8-20)27(33-39-16-25(35)36)26-28(23-13-9-21(10-14-23)18(3)4)34(30(38)29(26)37)24-15-6-19(5)31-32-24/h6-15,17-18,28,37H,16H2,1-5H3,(H,35,36). The summed E-state index contributed by atoms with van der Waals surface area (Å²) >= 11 is 0. The number of carboxylic acid groups (broad SMARTS) is 1. The largest absolute Gasteiger partial charge is 0.503 e. The van der Waals surface area contributed by atoms with E-state index < -0.39 is 30.3 Å². The van der Waals surface area contributed by atoms with Crippen LogP contribution in [0.5, 0.6) is 0 Å². The molecule has 2 aromatic carbocycles. The first-order valence-electron chi connectivity index (χ1n) is 12.8. The van der Waals surface area contributed by atoms with Crippen molar-refractivity contribution in [2.75, 3.05) is 11.5 Å².